The molecule has 0 fully saturated rings. The van der Waals surface area contributed by atoms with E-state index in [1.165, 1.54) is 24.0 Å². The van der Waals surface area contributed by atoms with Gasteiger partial charge in [0.05, 0.1) is 0 Å². The average molecular weight is 300 g/mol. The number of rotatable bonds is 4. The number of benzene rings is 2. The maximum Gasteiger partial charge on any atom is 0.0340 e. The van der Waals surface area contributed by atoms with Crippen molar-refractivity contribution in [1.82, 2.24) is 0 Å². The zero-order valence-corrected chi connectivity index (χ0v) is 14.2. The molecule has 2 aromatic rings. The van der Waals surface area contributed by atoms with E-state index in [0.717, 1.165) is 30.4 Å². The van der Waals surface area contributed by atoms with Gasteiger partial charge in [0.2, 0.25) is 0 Å². The van der Waals surface area contributed by atoms with Gasteiger partial charge in [-0.15, -0.1) is 5.92 Å². The first-order valence-electron chi connectivity index (χ1n) is 8.47. The van der Waals surface area contributed by atoms with Gasteiger partial charge < -0.3 is 0 Å². The van der Waals surface area contributed by atoms with E-state index in [1.807, 2.05) is 0 Å². The molecular formula is C23H24. The number of hydrogen-bond donors (Lipinski definition) is 0. The number of hydrogen-bond acceptors (Lipinski definition) is 0. The Morgan fingerprint density at radius 3 is 1.78 bits per heavy atom. The van der Waals surface area contributed by atoms with E-state index >= 15 is 0 Å². The van der Waals surface area contributed by atoms with Crippen molar-refractivity contribution in [3.05, 3.63) is 70.8 Å². The first kappa shape index (κ1) is 16.9. The third-order valence-electron chi connectivity index (χ3n) is 3.74. The molecule has 0 amide bonds. The maximum absolute atomic E-state index is 3.24. The molecule has 0 aliphatic rings. The minimum atomic E-state index is 0.829. The van der Waals surface area contributed by atoms with Crippen LogP contribution in [0.2, 0.25) is 0 Å². The van der Waals surface area contributed by atoms with Crippen LogP contribution in [0.4, 0.5) is 0 Å². The Hall–Kier alpha value is -2.44. The summed E-state index contributed by atoms with van der Waals surface area (Å²) < 4.78 is 0. The molecule has 0 aliphatic carbocycles. The minimum absolute atomic E-state index is 0.829. The van der Waals surface area contributed by atoms with Crippen LogP contribution in [-0.4, -0.2) is 0 Å². The second kappa shape index (κ2) is 9.55. The predicted molar refractivity (Wildman–Crippen MR) is 99.2 cm³/mol. The molecule has 0 saturated carbocycles. The molecule has 2 aromatic carbocycles. The van der Waals surface area contributed by atoms with Crippen LogP contribution in [0.5, 0.6) is 0 Å². The van der Waals surface area contributed by atoms with Crippen molar-refractivity contribution < 1.29 is 0 Å². The van der Waals surface area contributed by atoms with E-state index in [1.54, 1.807) is 0 Å². The number of aryl methyl sites for hydroxylation is 1. The Morgan fingerprint density at radius 2 is 1.26 bits per heavy atom. The molecule has 0 heteroatoms. The van der Waals surface area contributed by atoms with E-state index in [0.29, 0.717) is 0 Å². The summed E-state index contributed by atoms with van der Waals surface area (Å²) in [4.78, 5) is 0. The van der Waals surface area contributed by atoms with Crippen molar-refractivity contribution in [3.8, 4) is 23.7 Å². The van der Waals surface area contributed by atoms with Crippen LogP contribution >= 0.6 is 0 Å². The standard InChI is InChI=1S/C23H24/c1-3-5-6-7-8-9-21-14-16-23(17-15-21)19-18-22-12-10-20(4-2)11-13-22/h10-17H,3-6,9H2,1-2H3. The molecule has 0 aromatic heterocycles. The van der Waals surface area contributed by atoms with Crippen molar-refractivity contribution in [3.63, 3.8) is 0 Å². The molecule has 0 bridgehead atoms. The quantitative estimate of drug-likeness (QED) is 0.525. The molecule has 116 valence electrons. The summed E-state index contributed by atoms with van der Waals surface area (Å²) in [5.41, 5.74) is 4.71. The maximum atomic E-state index is 3.24. The Balaban J connectivity index is 1.94. The highest BCUT2D eigenvalue weighted by atomic mass is 14.0. The average Bonchev–Trinajstić information content (AvgIpc) is 2.61. The normalized spacial score (nSPS) is 9.48. The highest BCUT2D eigenvalue weighted by Gasteiger charge is 1.92. The van der Waals surface area contributed by atoms with E-state index in [2.05, 4.69) is 86.1 Å². The molecule has 0 radical (unpaired) electrons. The van der Waals surface area contributed by atoms with Crippen LogP contribution in [0.3, 0.4) is 0 Å². The summed E-state index contributed by atoms with van der Waals surface area (Å²) in [5.74, 6) is 12.9. The molecular weight excluding hydrogens is 276 g/mol. The second-order valence-corrected chi connectivity index (χ2v) is 5.63. The van der Waals surface area contributed by atoms with Crippen LogP contribution in [0.15, 0.2) is 48.5 Å². The van der Waals surface area contributed by atoms with Crippen LogP contribution < -0.4 is 0 Å². The van der Waals surface area contributed by atoms with Gasteiger partial charge in [-0.1, -0.05) is 62.3 Å². The second-order valence-electron chi connectivity index (χ2n) is 5.63. The Morgan fingerprint density at radius 1 is 0.696 bits per heavy atom. The molecule has 0 spiro atoms. The van der Waals surface area contributed by atoms with Gasteiger partial charge >= 0.3 is 0 Å². The van der Waals surface area contributed by atoms with Gasteiger partial charge in [0, 0.05) is 24.0 Å². The van der Waals surface area contributed by atoms with Crippen molar-refractivity contribution in [2.24, 2.45) is 0 Å². The summed E-state index contributed by atoms with van der Waals surface area (Å²) >= 11 is 0. The van der Waals surface area contributed by atoms with Crippen molar-refractivity contribution >= 4 is 0 Å². The molecule has 23 heavy (non-hydrogen) atoms. The molecule has 0 aliphatic heterocycles. The van der Waals surface area contributed by atoms with E-state index < -0.39 is 0 Å². The molecule has 0 unspecified atom stereocenters. The third kappa shape index (κ3) is 6.06. The lowest BCUT2D eigenvalue weighted by Crippen LogP contribution is -1.83. The summed E-state index contributed by atoms with van der Waals surface area (Å²) in [7, 11) is 0. The Kier molecular flexibility index (Phi) is 7.03. The topological polar surface area (TPSA) is 0 Å². The van der Waals surface area contributed by atoms with E-state index in [9.17, 15) is 0 Å². The van der Waals surface area contributed by atoms with E-state index in [-0.39, 0.29) is 0 Å². The SMILES string of the molecule is CCCCC#CCc1ccc(C#Cc2ccc(CC)cc2)cc1. The van der Waals surface area contributed by atoms with Gasteiger partial charge in [0.15, 0.2) is 0 Å². The summed E-state index contributed by atoms with van der Waals surface area (Å²) in [6.45, 7) is 4.36. The zero-order chi connectivity index (χ0) is 16.3. The fourth-order valence-corrected chi connectivity index (χ4v) is 2.19. The monoisotopic (exact) mass is 300 g/mol. The smallest absolute Gasteiger partial charge is 0.0340 e. The lowest BCUT2D eigenvalue weighted by molar-refractivity contribution is 0.827. The first-order valence-corrected chi connectivity index (χ1v) is 8.47. The highest BCUT2D eigenvalue weighted by Crippen LogP contribution is 2.06. The third-order valence-corrected chi connectivity index (χ3v) is 3.74. The van der Waals surface area contributed by atoms with Gasteiger partial charge in [-0.2, -0.15) is 0 Å². The Labute approximate surface area is 141 Å². The molecule has 0 atom stereocenters. The van der Waals surface area contributed by atoms with Gasteiger partial charge in [-0.25, -0.2) is 0 Å². The molecule has 0 heterocycles. The lowest BCUT2D eigenvalue weighted by atomic mass is 10.1. The van der Waals surface area contributed by atoms with E-state index in [4.69, 9.17) is 0 Å². The van der Waals surface area contributed by atoms with Crippen LogP contribution in [0, 0.1) is 23.7 Å². The molecule has 0 N–H and O–H groups in total. The van der Waals surface area contributed by atoms with Gasteiger partial charge in [-0.05, 0) is 48.2 Å². The van der Waals surface area contributed by atoms with Crippen molar-refractivity contribution in [2.45, 2.75) is 46.0 Å². The summed E-state index contributed by atoms with van der Waals surface area (Å²) in [6, 6.07) is 16.9. The van der Waals surface area contributed by atoms with Crippen molar-refractivity contribution in [2.75, 3.05) is 0 Å². The van der Waals surface area contributed by atoms with Crippen LogP contribution in [0.1, 0.15) is 55.4 Å². The zero-order valence-electron chi connectivity index (χ0n) is 14.2. The predicted octanol–water partition coefficient (Wildman–Crippen LogP) is 5.38. The molecule has 2 rings (SSSR count). The Bertz CT molecular complexity index is 710. The fraction of sp³-hybridized carbons (Fsp3) is 0.304. The lowest BCUT2D eigenvalue weighted by Gasteiger charge is -1.96. The molecule has 0 nitrogen and oxygen atoms in total. The van der Waals surface area contributed by atoms with Crippen LogP contribution in [0.25, 0.3) is 0 Å². The van der Waals surface area contributed by atoms with Crippen LogP contribution in [-0.2, 0) is 12.8 Å². The highest BCUT2D eigenvalue weighted by molar-refractivity contribution is 5.44. The van der Waals surface area contributed by atoms with Gasteiger partial charge in [-0.3, -0.25) is 0 Å². The molecule has 0 saturated heterocycles. The summed E-state index contributed by atoms with van der Waals surface area (Å²) in [5, 5.41) is 0. The van der Waals surface area contributed by atoms with Gasteiger partial charge in [0.25, 0.3) is 0 Å². The largest absolute Gasteiger partial charge is 0.103 e. The van der Waals surface area contributed by atoms with Crippen molar-refractivity contribution in [1.29, 1.82) is 0 Å². The number of unbranched alkanes of at least 4 members (excludes halogenated alkanes) is 2. The minimum Gasteiger partial charge on any atom is -0.103 e. The fourth-order valence-electron chi connectivity index (χ4n) is 2.19. The summed E-state index contributed by atoms with van der Waals surface area (Å²) in [6.07, 6.45) is 5.31. The first-order chi connectivity index (χ1) is 11.3. The van der Waals surface area contributed by atoms with Gasteiger partial charge in [0.1, 0.15) is 0 Å².